The summed E-state index contributed by atoms with van der Waals surface area (Å²) in [6.45, 7) is 5.56. The average Bonchev–Trinajstić information content (AvgIpc) is 2.73. The third kappa shape index (κ3) is 4.66. The summed E-state index contributed by atoms with van der Waals surface area (Å²) in [6, 6.07) is 0. The molecule has 8 nitrogen and oxygen atoms in total. The van der Waals surface area contributed by atoms with Crippen molar-refractivity contribution in [3.8, 4) is 0 Å². The highest BCUT2D eigenvalue weighted by molar-refractivity contribution is 5.84. The summed E-state index contributed by atoms with van der Waals surface area (Å²) in [5.41, 5.74) is -1.20. The van der Waals surface area contributed by atoms with Crippen LogP contribution >= 0.6 is 0 Å². The van der Waals surface area contributed by atoms with Crippen LogP contribution in [0.5, 0.6) is 0 Å². The van der Waals surface area contributed by atoms with E-state index in [1.54, 1.807) is 20.8 Å². The fourth-order valence-corrected chi connectivity index (χ4v) is 1.56. The van der Waals surface area contributed by atoms with E-state index in [2.05, 4.69) is 10.3 Å². The van der Waals surface area contributed by atoms with Crippen LogP contribution in [0.4, 0.5) is 0 Å². The highest BCUT2D eigenvalue weighted by Crippen LogP contribution is 2.06. The molecule has 1 heterocycles. The lowest BCUT2D eigenvalue weighted by Crippen LogP contribution is -2.43. The molecule has 1 aromatic heterocycles. The van der Waals surface area contributed by atoms with Crippen LogP contribution in [-0.2, 0) is 11.3 Å². The number of aromatic nitrogens is 3. The standard InChI is InChI=1S/C11H18N4O4/c1-4-14(7-11(2,3)19)9(16)6-15-5-8(10(17)18)12-13-15/h5,19H,4,6-7H2,1-3H3,(H,17,18). The van der Waals surface area contributed by atoms with Crippen molar-refractivity contribution in [1.82, 2.24) is 19.9 Å². The topological polar surface area (TPSA) is 109 Å². The molecule has 1 aromatic rings. The molecule has 1 rings (SSSR count). The van der Waals surface area contributed by atoms with Crippen LogP contribution in [0.1, 0.15) is 31.3 Å². The summed E-state index contributed by atoms with van der Waals surface area (Å²) in [6.07, 6.45) is 1.19. The number of amides is 1. The SMILES string of the molecule is CCN(CC(C)(C)O)C(=O)Cn1cc(C(=O)O)nn1. The van der Waals surface area contributed by atoms with Crippen molar-refractivity contribution in [3.63, 3.8) is 0 Å². The summed E-state index contributed by atoms with van der Waals surface area (Å²) in [4.78, 5) is 24.1. The highest BCUT2D eigenvalue weighted by Gasteiger charge is 2.22. The maximum Gasteiger partial charge on any atom is 0.358 e. The van der Waals surface area contributed by atoms with Crippen molar-refractivity contribution >= 4 is 11.9 Å². The first-order valence-electron chi connectivity index (χ1n) is 5.86. The Morgan fingerprint density at radius 3 is 2.53 bits per heavy atom. The highest BCUT2D eigenvalue weighted by atomic mass is 16.4. The molecular formula is C11H18N4O4. The van der Waals surface area contributed by atoms with Gasteiger partial charge in [0.2, 0.25) is 5.91 Å². The van der Waals surface area contributed by atoms with Crippen LogP contribution in [0.15, 0.2) is 6.20 Å². The lowest BCUT2D eigenvalue weighted by Gasteiger charge is -2.28. The van der Waals surface area contributed by atoms with Gasteiger partial charge in [-0.1, -0.05) is 5.21 Å². The van der Waals surface area contributed by atoms with E-state index < -0.39 is 11.6 Å². The molecule has 0 fully saturated rings. The van der Waals surface area contributed by atoms with Gasteiger partial charge in [0, 0.05) is 13.1 Å². The van der Waals surface area contributed by atoms with Crippen molar-refractivity contribution < 1.29 is 19.8 Å². The molecule has 2 N–H and O–H groups in total. The van der Waals surface area contributed by atoms with Gasteiger partial charge in [0.05, 0.1) is 11.8 Å². The zero-order chi connectivity index (χ0) is 14.6. The lowest BCUT2D eigenvalue weighted by molar-refractivity contribution is -0.134. The number of nitrogens with zero attached hydrogens (tertiary/aromatic N) is 4. The zero-order valence-electron chi connectivity index (χ0n) is 11.2. The largest absolute Gasteiger partial charge is 0.476 e. The molecule has 0 atom stereocenters. The molecule has 0 aromatic carbocycles. The van der Waals surface area contributed by atoms with Crippen LogP contribution in [0.25, 0.3) is 0 Å². The second kappa shape index (κ2) is 5.79. The molecular weight excluding hydrogens is 252 g/mol. The Kier molecular flexibility index (Phi) is 4.60. The molecule has 0 aliphatic rings. The summed E-state index contributed by atoms with van der Waals surface area (Å²) < 4.78 is 1.17. The number of aromatic carboxylic acids is 1. The Bertz CT molecular complexity index is 464. The van der Waals surface area contributed by atoms with Gasteiger partial charge in [-0.15, -0.1) is 5.10 Å². The monoisotopic (exact) mass is 270 g/mol. The molecule has 1 amide bonds. The molecule has 0 aliphatic heterocycles. The minimum Gasteiger partial charge on any atom is -0.476 e. The third-order valence-corrected chi connectivity index (χ3v) is 2.37. The van der Waals surface area contributed by atoms with E-state index in [1.165, 1.54) is 15.8 Å². The smallest absolute Gasteiger partial charge is 0.358 e. The summed E-state index contributed by atoms with van der Waals surface area (Å²) >= 11 is 0. The van der Waals surface area contributed by atoms with Gasteiger partial charge in [-0.3, -0.25) is 4.79 Å². The number of hydrogen-bond acceptors (Lipinski definition) is 5. The van der Waals surface area contributed by atoms with Crippen LogP contribution < -0.4 is 0 Å². The zero-order valence-corrected chi connectivity index (χ0v) is 11.2. The number of aliphatic hydroxyl groups is 1. The number of hydrogen-bond donors (Lipinski definition) is 2. The van der Waals surface area contributed by atoms with Gasteiger partial charge in [0.1, 0.15) is 6.54 Å². The van der Waals surface area contributed by atoms with Gasteiger partial charge in [-0.05, 0) is 20.8 Å². The quantitative estimate of drug-likeness (QED) is 0.727. The predicted octanol–water partition coefficient (Wildman–Crippen LogP) is -0.404. The molecule has 106 valence electrons. The number of likely N-dealkylation sites (N-methyl/N-ethyl adjacent to an activating group) is 1. The first-order chi connectivity index (χ1) is 8.73. The van der Waals surface area contributed by atoms with E-state index in [1.807, 2.05) is 0 Å². The first-order valence-corrected chi connectivity index (χ1v) is 5.86. The second-order valence-corrected chi connectivity index (χ2v) is 4.83. The van der Waals surface area contributed by atoms with Crippen molar-refractivity contribution in [2.75, 3.05) is 13.1 Å². The Hall–Kier alpha value is -1.96. The predicted molar refractivity (Wildman–Crippen MR) is 65.5 cm³/mol. The van der Waals surface area contributed by atoms with E-state index in [0.717, 1.165) is 0 Å². The van der Waals surface area contributed by atoms with Crippen molar-refractivity contribution in [3.05, 3.63) is 11.9 Å². The number of carbonyl (C=O) groups is 2. The number of rotatable bonds is 6. The Morgan fingerprint density at radius 1 is 1.47 bits per heavy atom. The number of carboxylic acids is 1. The van der Waals surface area contributed by atoms with Crippen molar-refractivity contribution in [2.24, 2.45) is 0 Å². The van der Waals surface area contributed by atoms with Crippen molar-refractivity contribution in [1.29, 1.82) is 0 Å². The van der Waals surface area contributed by atoms with E-state index in [9.17, 15) is 14.7 Å². The van der Waals surface area contributed by atoms with E-state index in [-0.39, 0.29) is 24.7 Å². The molecule has 0 unspecified atom stereocenters. The summed E-state index contributed by atoms with van der Waals surface area (Å²) in [5.74, 6) is -1.45. The fourth-order valence-electron chi connectivity index (χ4n) is 1.56. The minimum absolute atomic E-state index is 0.107. The Balaban J connectivity index is 2.68. The number of carboxylic acid groups (broad SMARTS) is 1. The van der Waals surface area contributed by atoms with Gasteiger partial charge in [0.25, 0.3) is 0 Å². The van der Waals surface area contributed by atoms with E-state index in [0.29, 0.717) is 6.54 Å². The molecule has 0 spiro atoms. The van der Waals surface area contributed by atoms with Gasteiger partial charge in [-0.2, -0.15) is 0 Å². The molecule has 0 bridgehead atoms. The molecule has 0 saturated heterocycles. The second-order valence-electron chi connectivity index (χ2n) is 4.83. The first kappa shape index (κ1) is 15.1. The third-order valence-electron chi connectivity index (χ3n) is 2.37. The Morgan fingerprint density at radius 2 is 2.11 bits per heavy atom. The van der Waals surface area contributed by atoms with E-state index in [4.69, 9.17) is 5.11 Å². The van der Waals surface area contributed by atoms with E-state index >= 15 is 0 Å². The summed E-state index contributed by atoms with van der Waals surface area (Å²) in [7, 11) is 0. The molecule has 0 aliphatic carbocycles. The minimum atomic E-state index is -1.19. The summed E-state index contributed by atoms with van der Waals surface area (Å²) in [5, 5.41) is 25.4. The van der Waals surface area contributed by atoms with Crippen LogP contribution in [0.3, 0.4) is 0 Å². The Labute approximate surface area is 110 Å². The maximum atomic E-state index is 12.0. The van der Waals surface area contributed by atoms with Gasteiger partial charge in [0.15, 0.2) is 5.69 Å². The van der Waals surface area contributed by atoms with Gasteiger partial charge in [-0.25, -0.2) is 9.48 Å². The van der Waals surface area contributed by atoms with Gasteiger partial charge >= 0.3 is 5.97 Å². The van der Waals surface area contributed by atoms with Gasteiger partial charge < -0.3 is 15.1 Å². The molecule has 0 saturated carbocycles. The number of carbonyl (C=O) groups excluding carboxylic acids is 1. The van der Waals surface area contributed by atoms with Crippen LogP contribution in [0, 0.1) is 0 Å². The maximum absolute atomic E-state index is 12.0. The molecule has 8 heteroatoms. The van der Waals surface area contributed by atoms with Crippen LogP contribution in [0.2, 0.25) is 0 Å². The fraction of sp³-hybridized carbons (Fsp3) is 0.636. The normalized spacial score (nSPS) is 11.4. The average molecular weight is 270 g/mol. The molecule has 0 radical (unpaired) electrons. The lowest BCUT2D eigenvalue weighted by atomic mass is 10.1. The van der Waals surface area contributed by atoms with Crippen LogP contribution in [-0.4, -0.2) is 60.7 Å². The molecule has 19 heavy (non-hydrogen) atoms. The van der Waals surface area contributed by atoms with Crippen molar-refractivity contribution in [2.45, 2.75) is 32.9 Å².